The van der Waals surface area contributed by atoms with Crippen molar-refractivity contribution >= 4 is 0 Å². The first kappa shape index (κ1) is 14.2. The van der Waals surface area contributed by atoms with E-state index in [1.54, 1.807) is 0 Å². The second-order valence-corrected chi connectivity index (χ2v) is 6.10. The minimum atomic E-state index is 0.274. The number of hydrogen-bond donors (Lipinski definition) is 1. The van der Waals surface area contributed by atoms with Gasteiger partial charge in [0.05, 0.1) is 6.04 Å². The molecule has 3 rings (SSSR count). The van der Waals surface area contributed by atoms with Crippen molar-refractivity contribution in [3.8, 4) is 5.75 Å². The van der Waals surface area contributed by atoms with Crippen molar-refractivity contribution in [2.75, 3.05) is 6.61 Å². The highest BCUT2D eigenvalue weighted by molar-refractivity contribution is 5.42. The van der Waals surface area contributed by atoms with Crippen LogP contribution in [0.1, 0.15) is 46.8 Å². The number of fused-ring (bicyclic) bond motifs is 1. The normalized spacial score (nSPS) is 18.2. The molecule has 0 aromatic heterocycles. The SMILES string of the molecule is Cc1cc(C)c(C(C)NC2COc3ccccc32)c(C)c1. The van der Waals surface area contributed by atoms with Crippen LogP contribution in [-0.4, -0.2) is 6.61 Å². The zero-order chi connectivity index (χ0) is 15.0. The summed E-state index contributed by atoms with van der Waals surface area (Å²) in [7, 11) is 0. The third-order valence-corrected chi connectivity index (χ3v) is 4.32. The maximum absolute atomic E-state index is 5.76. The van der Waals surface area contributed by atoms with E-state index in [4.69, 9.17) is 4.74 Å². The van der Waals surface area contributed by atoms with E-state index >= 15 is 0 Å². The number of ether oxygens (including phenoxy) is 1. The lowest BCUT2D eigenvalue weighted by molar-refractivity contribution is 0.300. The van der Waals surface area contributed by atoms with Gasteiger partial charge in [-0.15, -0.1) is 0 Å². The Balaban J connectivity index is 1.84. The van der Waals surface area contributed by atoms with Crippen molar-refractivity contribution in [2.24, 2.45) is 0 Å². The van der Waals surface area contributed by atoms with Gasteiger partial charge >= 0.3 is 0 Å². The van der Waals surface area contributed by atoms with Gasteiger partial charge in [0.1, 0.15) is 12.4 Å². The van der Waals surface area contributed by atoms with E-state index in [0.29, 0.717) is 12.6 Å². The lowest BCUT2D eigenvalue weighted by Crippen LogP contribution is -2.26. The van der Waals surface area contributed by atoms with E-state index in [0.717, 1.165) is 5.75 Å². The quantitative estimate of drug-likeness (QED) is 0.900. The molecule has 1 heterocycles. The topological polar surface area (TPSA) is 21.3 Å². The van der Waals surface area contributed by atoms with Gasteiger partial charge in [-0.2, -0.15) is 0 Å². The molecule has 0 fully saturated rings. The average Bonchev–Trinajstić information content (AvgIpc) is 2.81. The fourth-order valence-electron chi connectivity index (χ4n) is 3.56. The van der Waals surface area contributed by atoms with Crippen molar-refractivity contribution in [3.05, 3.63) is 64.2 Å². The van der Waals surface area contributed by atoms with Gasteiger partial charge in [-0.25, -0.2) is 0 Å². The van der Waals surface area contributed by atoms with Crippen molar-refractivity contribution in [1.29, 1.82) is 0 Å². The summed E-state index contributed by atoms with van der Waals surface area (Å²) >= 11 is 0. The Labute approximate surface area is 127 Å². The van der Waals surface area contributed by atoms with E-state index in [1.807, 2.05) is 12.1 Å². The Bertz CT molecular complexity index is 639. The van der Waals surface area contributed by atoms with Crippen LogP contribution in [0, 0.1) is 20.8 Å². The maximum Gasteiger partial charge on any atom is 0.124 e. The molecule has 2 aromatic rings. The highest BCUT2D eigenvalue weighted by atomic mass is 16.5. The largest absolute Gasteiger partial charge is 0.491 e. The van der Waals surface area contributed by atoms with Crippen LogP contribution >= 0.6 is 0 Å². The molecule has 2 heteroatoms. The first-order valence-electron chi connectivity index (χ1n) is 7.62. The van der Waals surface area contributed by atoms with Crippen molar-refractivity contribution in [2.45, 2.75) is 39.8 Å². The molecule has 1 N–H and O–H groups in total. The molecule has 0 aliphatic carbocycles. The predicted molar refractivity (Wildman–Crippen MR) is 86.9 cm³/mol. The van der Waals surface area contributed by atoms with Gasteiger partial charge in [0.15, 0.2) is 0 Å². The number of para-hydroxylation sites is 1. The molecule has 0 saturated carbocycles. The molecule has 2 atom stereocenters. The molecule has 1 aliphatic rings. The predicted octanol–water partition coefficient (Wildman–Crippen LogP) is 4.40. The zero-order valence-corrected chi connectivity index (χ0v) is 13.2. The summed E-state index contributed by atoms with van der Waals surface area (Å²) in [6.45, 7) is 9.52. The molecule has 0 saturated heterocycles. The van der Waals surface area contributed by atoms with Gasteiger partial charge in [0.2, 0.25) is 0 Å². The van der Waals surface area contributed by atoms with Gasteiger partial charge in [-0.1, -0.05) is 35.9 Å². The second-order valence-electron chi connectivity index (χ2n) is 6.10. The number of aryl methyl sites for hydroxylation is 3. The van der Waals surface area contributed by atoms with E-state index in [1.165, 1.54) is 27.8 Å². The molecular formula is C19H23NO. The van der Waals surface area contributed by atoms with Gasteiger partial charge in [0.25, 0.3) is 0 Å². The Morgan fingerprint density at radius 3 is 2.48 bits per heavy atom. The van der Waals surface area contributed by atoms with Crippen LogP contribution in [-0.2, 0) is 0 Å². The molecule has 0 radical (unpaired) electrons. The number of hydrogen-bond acceptors (Lipinski definition) is 2. The van der Waals surface area contributed by atoms with Gasteiger partial charge in [-0.05, 0) is 50.5 Å². The van der Waals surface area contributed by atoms with Crippen LogP contribution in [0.2, 0.25) is 0 Å². The highest BCUT2D eigenvalue weighted by Gasteiger charge is 2.25. The van der Waals surface area contributed by atoms with Crippen LogP contribution in [0.15, 0.2) is 36.4 Å². The summed E-state index contributed by atoms with van der Waals surface area (Å²) in [6, 6.07) is 13.4. The summed E-state index contributed by atoms with van der Waals surface area (Å²) < 4.78 is 5.76. The van der Waals surface area contributed by atoms with Crippen molar-refractivity contribution in [3.63, 3.8) is 0 Å². The fraction of sp³-hybridized carbons (Fsp3) is 0.368. The van der Waals surface area contributed by atoms with E-state index in [2.05, 4.69) is 57.3 Å². The summed E-state index contributed by atoms with van der Waals surface area (Å²) in [4.78, 5) is 0. The van der Waals surface area contributed by atoms with Crippen molar-refractivity contribution in [1.82, 2.24) is 5.32 Å². The third kappa shape index (κ3) is 2.68. The third-order valence-electron chi connectivity index (χ3n) is 4.32. The molecule has 0 bridgehead atoms. The highest BCUT2D eigenvalue weighted by Crippen LogP contribution is 2.34. The first-order valence-corrected chi connectivity index (χ1v) is 7.62. The summed E-state index contributed by atoms with van der Waals surface area (Å²) in [5.41, 5.74) is 6.73. The van der Waals surface area contributed by atoms with Crippen LogP contribution in [0.4, 0.5) is 0 Å². The second kappa shape index (κ2) is 5.53. The number of nitrogens with one attached hydrogen (secondary N) is 1. The molecule has 2 unspecified atom stereocenters. The average molecular weight is 281 g/mol. The molecule has 0 amide bonds. The Morgan fingerprint density at radius 1 is 1.10 bits per heavy atom. The Morgan fingerprint density at radius 2 is 1.76 bits per heavy atom. The van der Waals surface area contributed by atoms with E-state index in [9.17, 15) is 0 Å². The minimum absolute atomic E-state index is 0.274. The molecular weight excluding hydrogens is 258 g/mol. The molecule has 2 nitrogen and oxygen atoms in total. The summed E-state index contributed by atoms with van der Waals surface area (Å²) in [5, 5.41) is 3.73. The lowest BCUT2D eigenvalue weighted by Gasteiger charge is -2.23. The van der Waals surface area contributed by atoms with Crippen LogP contribution in [0.25, 0.3) is 0 Å². The zero-order valence-electron chi connectivity index (χ0n) is 13.2. The standard InChI is InChI=1S/C19H23NO/c1-12-9-13(2)19(14(3)10-12)15(4)20-17-11-21-18-8-6-5-7-16(17)18/h5-10,15,17,20H,11H2,1-4H3. The van der Waals surface area contributed by atoms with Crippen molar-refractivity contribution < 1.29 is 4.74 Å². The smallest absolute Gasteiger partial charge is 0.124 e. The first-order chi connectivity index (χ1) is 10.1. The monoisotopic (exact) mass is 281 g/mol. The van der Waals surface area contributed by atoms with E-state index in [-0.39, 0.29) is 6.04 Å². The summed E-state index contributed by atoms with van der Waals surface area (Å²) in [6.07, 6.45) is 0. The Kier molecular flexibility index (Phi) is 3.73. The Hall–Kier alpha value is -1.80. The van der Waals surface area contributed by atoms with Crippen LogP contribution in [0.5, 0.6) is 5.75 Å². The molecule has 2 aromatic carbocycles. The van der Waals surface area contributed by atoms with Gasteiger partial charge < -0.3 is 10.1 Å². The molecule has 1 aliphatic heterocycles. The van der Waals surface area contributed by atoms with Gasteiger partial charge in [0, 0.05) is 11.6 Å². The lowest BCUT2D eigenvalue weighted by atomic mass is 9.94. The minimum Gasteiger partial charge on any atom is -0.491 e. The molecule has 110 valence electrons. The molecule has 21 heavy (non-hydrogen) atoms. The fourth-order valence-corrected chi connectivity index (χ4v) is 3.56. The van der Waals surface area contributed by atoms with Gasteiger partial charge in [-0.3, -0.25) is 0 Å². The number of benzene rings is 2. The molecule has 0 spiro atoms. The van der Waals surface area contributed by atoms with Crippen LogP contribution in [0.3, 0.4) is 0 Å². The van der Waals surface area contributed by atoms with Crippen LogP contribution < -0.4 is 10.1 Å². The maximum atomic E-state index is 5.76. The van der Waals surface area contributed by atoms with E-state index < -0.39 is 0 Å². The number of rotatable bonds is 3. The summed E-state index contributed by atoms with van der Waals surface area (Å²) in [5.74, 6) is 1.01.